The largest absolute Gasteiger partial charge is 0.479 e. The van der Waals surface area contributed by atoms with Crippen LogP contribution in [0.25, 0.3) is 0 Å². The van der Waals surface area contributed by atoms with E-state index in [4.69, 9.17) is 4.74 Å². The number of nitrogens with one attached hydrogen (secondary N) is 2. The molecule has 0 aromatic carbocycles. The van der Waals surface area contributed by atoms with Crippen molar-refractivity contribution < 1.29 is 19.4 Å². The zero-order chi connectivity index (χ0) is 13.2. The van der Waals surface area contributed by atoms with E-state index in [-0.39, 0.29) is 12.6 Å². The highest BCUT2D eigenvalue weighted by Crippen LogP contribution is 2.33. The summed E-state index contributed by atoms with van der Waals surface area (Å²) in [7, 11) is 0. The molecule has 1 saturated carbocycles. The van der Waals surface area contributed by atoms with Crippen LogP contribution in [0.3, 0.4) is 0 Å². The maximum Gasteiger partial charge on any atom is 0.332 e. The van der Waals surface area contributed by atoms with Gasteiger partial charge in [0, 0.05) is 19.1 Å². The summed E-state index contributed by atoms with van der Waals surface area (Å²) in [6, 6.07) is -0.346. The lowest BCUT2D eigenvalue weighted by Crippen LogP contribution is -2.58. The summed E-state index contributed by atoms with van der Waals surface area (Å²) in [6.45, 7) is 2.34. The van der Waals surface area contributed by atoms with Gasteiger partial charge in [0.15, 0.2) is 5.54 Å². The number of rotatable bonds is 5. The number of carboxylic acid groups (broad SMARTS) is 1. The van der Waals surface area contributed by atoms with Gasteiger partial charge in [-0.1, -0.05) is 12.8 Å². The minimum Gasteiger partial charge on any atom is -0.479 e. The lowest BCUT2D eigenvalue weighted by Gasteiger charge is -2.25. The Morgan fingerprint density at radius 1 is 1.50 bits per heavy atom. The van der Waals surface area contributed by atoms with Crippen LogP contribution in [0.4, 0.5) is 4.79 Å². The van der Waals surface area contributed by atoms with E-state index in [0.29, 0.717) is 13.0 Å². The molecule has 2 fully saturated rings. The summed E-state index contributed by atoms with van der Waals surface area (Å²) >= 11 is 0. The average molecular weight is 256 g/mol. The first kappa shape index (κ1) is 13.1. The molecule has 0 radical (unpaired) electrons. The fraction of sp³-hybridized carbons (Fsp3) is 0.833. The van der Waals surface area contributed by atoms with Crippen LogP contribution in [0.2, 0.25) is 0 Å². The maximum atomic E-state index is 11.8. The molecule has 18 heavy (non-hydrogen) atoms. The number of aliphatic carboxylic acids is 1. The van der Waals surface area contributed by atoms with Crippen molar-refractivity contribution in [3.63, 3.8) is 0 Å². The van der Waals surface area contributed by atoms with Gasteiger partial charge < -0.3 is 20.5 Å². The SMILES string of the molecule is CC(CC1CC1)NC(=O)NC1(C(=O)O)CCOC1. The molecule has 2 rings (SSSR count). The molecule has 0 aromatic heterocycles. The number of hydrogen-bond acceptors (Lipinski definition) is 3. The lowest BCUT2D eigenvalue weighted by atomic mass is 9.99. The second-order valence-corrected chi connectivity index (χ2v) is 5.37. The highest BCUT2D eigenvalue weighted by molar-refractivity contribution is 5.86. The zero-order valence-electron chi connectivity index (χ0n) is 10.6. The first-order chi connectivity index (χ1) is 8.52. The molecule has 0 aromatic rings. The third-order valence-electron chi connectivity index (χ3n) is 3.55. The lowest BCUT2D eigenvalue weighted by molar-refractivity contribution is -0.144. The third-order valence-corrected chi connectivity index (χ3v) is 3.55. The number of hydrogen-bond donors (Lipinski definition) is 3. The van der Waals surface area contributed by atoms with E-state index in [2.05, 4.69) is 10.6 Å². The summed E-state index contributed by atoms with van der Waals surface area (Å²) in [5.41, 5.74) is -1.26. The Hall–Kier alpha value is -1.30. The minimum absolute atomic E-state index is 0.0345. The molecule has 102 valence electrons. The standard InChI is InChI=1S/C12H20N2O4/c1-8(6-9-2-3-9)13-11(17)14-12(10(15)16)4-5-18-7-12/h8-9H,2-7H2,1H3,(H,15,16)(H2,13,14,17). The van der Waals surface area contributed by atoms with E-state index in [9.17, 15) is 14.7 Å². The van der Waals surface area contributed by atoms with Gasteiger partial charge in [-0.05, 0) is 19.3 Å². The third kappa shape index (κ3) is 3.13. The number of amides is 2. The Labute approximate surface area is 106 Å². The topological polar surface area (TPSA) is 87.7 Å². The molecule has 2 unspecified atom stereocenters. The Morgan fingerprint density at radius 3 is 2.72 bits per heavy atom. The molecule has 1 aliphatic carbocycles. The molecule has 3 N–H and O–H groups in total. The molecule has 6 heteroatoms. The monoisotopic (exact) mass is 256 g/mol. The minimum atomic E-state index is -1.26. The van der Waals surface area contributed by atoms with Crippen molar-refractivity contribution in [1.29, 1.82) is 0 Å². The summed E-state index contributed by atoms with van der Waals surface area (Å²) in [5, 5.41) is 14.5. The predicted molar refractivity (Wildman–Crippen MR) is 64.3 cm³/mol. The van der Waals surface area contributed by atoms with Crippen LogP contribution in [0, 0.1) is 5.92 Å². The number of carbonyl (C=O) groups is 2. The van der Waals surface area contributed by atoms with Gasteiger partial charge in [0.1, 0.15) is 0 Å². The highest BCUT2D eigenvalue weighted by Gasteiger charge is 2.44. The quantitative estimate of drug-likeness (QED) is 0.676. The Kier molecular flexibility index (Phi) is 3.75. The Balaban J connectivity index is 1.82. The van der Waals surface area contributed by atoms with Gasteiger partial charge in [-0.2, -0.15) is 0 Å². The average Bonchev–Trinajstić information content (AvgIpc) is 2.94. The molecule has 2 amide bonds. The number of ether oxygens (including phenoxy) is 1. The summed E-state index contributed by atoms with van der Waals surface area (Å²) in [5.74, 6) is -0.312. The van der Waals surface area contributed by atoms with Gasteiger partial charge in [0.05, 0.1) is 6.61 Å². The van der Waals surface area contributed by atoms with Crippen molar-refractivity contribution in [2.75, 3.05) is 13.2 Å². The molecule has 1 saturated heterocycles. The van der Waals surface area contributed by atoms with Crippen LogP contribution in [0.15, 0.2) is 0 Å². The van der Waals surface area contributed by atoms with Crippen molar-refractivity contribution >= 4 is 12.0 Å². The van der Waals surface area contributed by atoms with E-state index in [1.54, 1.807) is 0 Å². The molecule has 1 aliphatic heterocycles. The first-order valence-corrected chi connectivity index (χ1v) is 6.42. The summed E-state index contributed by atoms with van der Waals surface area (Å²) in [6.07, 6.45) is 3.75. The second kappa shape index (κ2) is 5.14. The molecule has 2 atom stereocenters. The molecule has 6 nitrogen and oxygen atoms in total. The molecule has 2 aliphatic rings. The van der Waals surface area contributed by atoms with Crippen LogP contribution in [-0.2, 0) is 9.53 Å². The van der Waals surface area contributed by atoms with Gasteiger partial charge in [-0.15, -0.1) is 0 Å². The molecule has 1 heterocycles. The molecule has 0 spiro atoms. The van der Waals surface area contributed by atoms with E-state index < -0.39 is 17.5 Å². The van der Waals surface area contributed by atoms with Gasteiger partial charge in [-0.25, -0.2) is 9.59 Å². The van der Waals surface area contributed by atoms with Crippen molar-refractivity contribution in [3.05, 3.63) is 0 Å². The summed E-state index contributed by atoms with van der Waals surface area (Å²) < 4.78 is 5.08. The number of carboxylic acids is 1. The van der Waals surface area contributed by atoms with E-state index >= 15 is 0 Å². The Bertz CT molecular complexity index is 335. The summed E-state index contributed by atoms with van der Waals surface area (Å²) in [4.78, 5) is 23.0. The predicted octanol–water partition coefficient (Wildman–Crippen LogP) is 0.718. The van der Waals surface area contributed by atoms with Gasteiger partial charge in [0.25, 0.3) is 0 Å². The molecular formula is C12H20N2O4. The van der Waals surface area contributed by atoms with Crippen molar-refractivity contribution in [1.82, 2.24) is 10.6 Å². The fourth-order valence-corrected chi connectivity index (χ4v) is 2.28. The van der Waals surface area contributed by atoms with Crippen molar-refractivity contribution in [2.24, 2.45) is 5.92 Å². The Morgan fingerprint density at radius 2 is 2.22 bits per heavy atom. The van der Waals surface area contributed by atoms with Crippen LogP contribution in [-0.4, -0.2) is 41.9 Å². The second-order valence-electron chi connectivity index (χ2n) is 5.37. The highest BCUT2D eigenvalue weighted by atomic mass is 16.5. The van der Waals surface area contributed by atoms with Crippen molar-refractivity contribution in [3.8, 4) is 0 Å². The van der Waals surface area contributed by atoms with E-state index in [1.807, 2.05) is 6.92 Å². The van der Waals surface area contributed by atoms with Gasteiger partial charge >= 0.3 is 12.0 Å². The molecular weight excluding hydrogens is 236 g/mol. The smallest absolute Gasteiger partial charge is 0.332 e. The zero-order valence-corrected chi connectivity index (χ0v) is 10.6. The van der Waals surface area contributed by atoms with Gasteiger partial charge in [-0.3, -0.25) is 0 Å². The van der Waals surface area contributed by atoms with E-state index in [0.717, 1.165) is 12.3 Å². The van der Waals surface area contributed by atoms with Crippen LogP contribution >= 0.6 is 0 Å². The fourth-order valence-electron chi connectivity index (χ4n) is 2.28. The maximum absolute atomic E-state index is 11.8. The molecule has 0 bridgehead atoms. The first-order valence-electron chi connectivity index (χ1n) is 6.42. The normalized spacial score (nSPS) is 28.7. The number of urea groups is 1. The van der Waals surface area contributed by atoms with Crippen LogP contribution < -0.4 is 10.6 Å². The van der Waals surface area contributed by atoms with Crippen molar-refractivity contribution in [2.45, 2.75) is 44.2 Å². The van der Waals surface area contributed by atoms with Crippen LogP contribution in [0.1, 0.15) is 32.6 Å². The number of carbonyl (C=O) groups excluding carboxylic acids is 1. The van der Waals surface area contributed by atoms with Crippen LogP contribution in [0.5, 0.6) is 0 Å². The van der Waals surface area contributed by atoms with Gasteiger partial charge in [0.2, 0.25) is 0 Å². The van der Waals surface area contributed by atoms with E-state index in [1.165, 1.54) is 12.8 Å².